The number of hydrogen-bond acceptors (Lipinski definition) is 4. The average molecular weight is 304 g/mol. The van der Waals surface area contributed by atoms with Gasteiger partial charge in [0.15, 0.2) is 0 Å². The van der Waals surface area contributed by atoms with E-state index >= 15 is 0 Å². The van der Waals surface area contributed by atoms with Crippen LogP contribution in [0.25, 0.3) is 10.9 Å². The van der Waals surface area contributed by atoms with Crippen molar-refractivity contribution < 1.29 is 19.4 Å². The summed E-state index contributed by atoms with van der Waals surface area (Å²) >= 11 is 0. The van der Waals surface area contributed by atoms with Gasteiger partial charge >= 0.3 is 5.97 Å². The number of carboxylic acids is 1. The second-order valence-electron chi connectivity index (χ2n) is 5.97. The summed E-state index contributed by atoms with van der Waals surface area (Å²) in [7, 11) is 1.72. The molecule has 0 saturated heterocycles. The summed E-state index contributed by atoms with van der Waals surface area (Å²) in [6.45, 7) is 3.74. The number of carbonyl (C=O) groups is 1. The molecule has 6 heteroatoms. The van der Waals surface area contributed by atoms with Crippen molar-refractivity contribution in [1.82, 2.24) is 9.78 Å². The minimum Gasteiger partial charge on any atom is -0.490 e. The molecule has 1 heterocycles. The van der Waals surface area contributed by atoms with E-state index in [2.05, 4.69) is 5.10 Å². The molecule has 0 spiro atoms. The minimum absolute atomic E-state index is 0.0910. The van der Waals surface area contributed by atoms with Crippen LogP contribution in [0.3, 0.4) is 0 Å². The smallest absolute Gasteiger partial charge is 0.339 e. The van der Waals surface area contributed by atoms with Crippen molar-refractivity contribution in [2.24, 2.45) is 0 Å². The lowest BCUT2D eigenvalue weighted by Crippen LogP contribution is -2.32. The normalized spacial score (nSPS) is 21.1. The molecule has 1 aliphatic carbocycles. The van der Waals surface area contributed by atoms with Crippen molar-refractivity contribution in [2.45, 2.75) is 44.9 Å². The van der Waals surface area contributed by atoms with Crippen LogP contribution in [-0.2, 0) is 4.74 Å². The molecular weight excluding hydrogens is 284 g/mol. The minimum atomic E-state index is -0.992. The number of rotatable bonds is 5. The molecular formula is C16H20N2O4. The third-order valence-electron chi connectivity index (χ3n) is 3.99. The van der Waals surface area contributed by atoms with Gasteiger partial charge in [0.1, 0.15) is 11.3 Å². The first-order valence-corrected chi connectivity index (χ1v) is 7.43. The molecule has 0 unspecified atom stereocenters. The Hall–Kier alpha value is -2.08. The first-order valence-electron chi connectivity index (χ1n) is 7.43. The summed E-state index contributed by atoms with van der Waals surface area (Å²) < 4.78 is 12.8. The topological polar surface area (TPSA) is 73.6 Å². The van der Waals surface area contributed by atoms with Gasteiger partial charge in [0.05, 0.1) is 23.8 Å². The second kappa shape index (κ2) is 5.61. The summed E-state index contributed by atoms with van der Waals surface area (Å²) in [6, 6.07) is 3.66. The van der Waals surface area contributed by atoms with Gasteiger partial charge in [0.2, 0.25) is 0 Å². The van der Waals surface area contributed by atoms with Crippen molar-refractivity contribution in [2.75, 3.05) is 7.11 Å². The largest absolute Gasteiger partial charge is 0.490 e. The van der Waals surface area contributed by atoms with E-state index in [0.29, 0.717) is 17.9 Å². The fourth-order valence-electron chi connectivity index (χ4n) is 2.72. The van der Waals surface area contributed by atoms with Crippen LogP contribution < -0.4 is 4.74 Å². The van der Waals surface area contributed by atoms with Crippen LogP contribution in [0, 0.1) is 0 Å². The zero-order valence-electron chi connectivity index (χ0n) is 12.9. The van der Waals surface area contributed by atoms with E-state index in [1.54, 1.807) is 19.2 Å². The maximum absolute atomic E-state index is 11.4. The number of ether oxygens (including phenoxy) is 2. The highest BCUT2D eigenvalue weighted by Gasteiger charge is 2.31. The van der Waals surface area contributed by atoms with Crippen molar-refractivity contribution >= 4 is 16.9 Å². The Morgan fingerprint density at radius 3 is 2.73 bits per heavy atom. The van der Waals surface area contributed by atoms with E-state index < -0.39 is 5.97 Å². The first kappa shape index (κ1) is 14.8. The van der Waals surface area contributed by atoms with Gasteiger partial charge in [-0.05, 0) is 32.8 Å². The standard InChI is InChI=1S/C16H20N2O4/c1-9(2)22-15-7-14-10(4-13(15)16(19)20)8-18(17-14)11-5-12(6-11)21-3/h4,7-9,11-12H,5-6H2,1-3H3,(H,19,20)/t11-,12-. The fourth-order valence-corrected chi connectivity index (χ4v) is 2.72. The van der Waals surface area contributed by atoms with Crippen LogP contribution in [0.2, 0.25) is 0 Å². The molecule has 6 nitrogen and oxygen atoms in total. The molecule has 1 fully saturated rings. The molecule has 1 N–H and O–H groups in total. The van der Waals surface area contributed by atoms with Gasteiger partial charge in [-0.1, -0.05) is 0 Å². The summed E-state index contributed by atoms with van der Waals surface area (Å²) in [5.41, 5.74) is 0.922. The van der Waals surface area contributed by atoms with Crippen LogP contribution in [-0.4, -0.2) is 40.2 Å². The lowest BCUT2D eigenvalue weighted by atomic mass is 9.89. The number of aromatic carboxylic acids is 1. The fraction of sp³-hybridized carbons (Fsp3) is 0.500. The number of aromatic nitrogens is 2. The summed E-state index contributed by atoms with van der Waals surface area (Å²) in [6.07, 6.45) is 3.98. The molecule has 1 aliphatic rings. The lowest BCUT2D eigenvalue weighted by Gasteiger charge is -2.34. The maximum Gasteiger partial charge on any atom is 0.339 e. The van der Waals surface area contributed by atoms with Crippen molar-refractivity contribution in [3.8, 4) is 5.75 Å². The zero-order valence-corrected chi connectivity index (χ0v) is 12.9. The Balaban J connectivity index is 1.95. The second-order valence-corrected chi connectivity index (χ2v) is 5.97. The van der Waals surface area contributed by atoms with Gasteiger partial charge in [0.25, 0.3) is 0 Å². The molecule has 0 amide bonds. The van der Waals surface area contributed by atoms with Crippen LogP contribution in [0.1, 0.15) is 43.1 Å². The Morgan fingerprint density at radius 2 is 2.14 bits per heavy atom. The van der Waals surface area contributed by atoms with Crippen LogP contribution in [0.15, 0.2) is 18.3 Å². The van der Waals surface area contributed by atoms with Crippen LogP contribution >= 0.6 is 0 Å². The van der Waals surface area contributed by atoms with E-state index in [4.69, 9.17) is 9.47 Å². The quantitative estimate of drug-likeness (QED) is 0.919. The van der Waals surface area contributed by atoms with Crippen LogP contribution in [0.5, 0.6) is 5.75 Å². The molecule has 0 aliphatic heterocycles. The SMILES string of the molecule is CO[C@H]1C[C@H](n2cc3cc(C(=O)O)c(OC(C)C)cc3n2)C1. The molecule has 1 aromatic carbocycles. The third kappa shape index (κ3) is 2.66. The van der Waals surface area contributed by atoms with Crippen molar-refractivity contribution in [1.29, 1.82) is 0 Å². The first-order chi connectivity index (χ1) is 10.5. The number of nitrogens with zero attached hydrogens (tertiary/aromatic N) is 2. The summed E-state index contributed by atoms with van der Waals surface area (Å²) in [5, 5.41) is 14.7. The molecule has 1 saturated carbocycles. The summed E-state index contributed by atoms with van der Waals surface area (Å²) in [5.74, 6) is -0.628. The number of fused-ring (bicyclic) bond motifs is 1. The van der Waals surface area contributed by atoms with Gasteiger partial charge < -0.3 is 14.6 Å². The number of carboxylic acid groups (broad SMARTS) is 1. The predicted molar refractivity (Wildman–Crippen MR) is 81.5 cm³/mol. The summed E-state index contributed by atoms with van der Waals surface area (Å²) in [4.78, 5) is 11.4. The Kier molecular flexibility index (Phi) is 3.78. The maximum atomic E-state index is 11.4. The highest BCUT2D eigenvalue weighted by Crippen LogP contribution is 2.35. The molecule has 0 radical (unpaired) electrons. The molecule has 118 valence electrons. The lowest BCUT2D eigenvalue weighted by molar-refractivity contribution is 0.00269. The average Bonchev–Trinajstić information content (AvgIpc) is 2.77. The van der Waals surface area contributed by atoms with Crippen molar-refractivity contribution in [3.63, 3.8) is 0 Å². The molecule has 3 rings (SSSR count). The Morgan fingerprint density at radius 1 is 1.41 bits per heavy atom. The predicted octanol–water partition coefficient (Wildman–Crippen LogP) is 2.87. The van der Waals surface area contributed by atoms with E-state index in [-0.39, 0.29) is 11.7 Å². The van der Waals surface area contributed by atoms with E-state index in [9.17, 15) is 9.90 Å². The van der Waals surface area contributed by atoms with Gasteiger partial charge in [-0.3, -0.25) is 4.68 Å². The van der Waals surface area contributed by atoms with Gasteiger partial charge in [-0.2, -0.15) is 5.10 Å². The molecule has 2 aromatic rings. The van der Waals surface area contributed by atoms with E-state index in [1.165, 1.54) is 0 Å². The third-order valence-corrected chi connectivity index (χ3v) is 3.99. The highest BCUT2D eigenvalue weighted by molar-refractivity contribution is 5.96. The molecule has 1 aromatic heterocycles. The Labute approximate surface area is 128 Å². The molecule has 22 heavy (non-hydrogen) atoms. The number of hydrogen-bond donors (Lipinski definition) is 1. The molecule has 0 bridgehead atoms. The van der Waals surface area contributed by atoms with E-state index in [1.807, 2.05) is 24.7 Å². The monoisotopic (exact) mass is 304 g/mol. The zero-order chi connectivity index (χ0) is 15.9. The van der Waals surface area contributed by atoms with E-state index in [0.717, 1.165) is 23.7 Å². The molecule has 0 atom stereocenters. The Bertz CT molecular complexity index is 701. The number of methoxy groups -OCH3 is 1. The van der Waals surface area contributed by atoms with Gasteiger partial charge in [-0.15, -0.1) is 0 Å². The van der Waals surface area contributed by atoms with Crippen LogP contribution in [0.4, 0.5) is 0 Å². The number of benzene rings is 1. The van der Waals surface area contributed by atoms with Crippen molar-refractivity contribution in [3.05, 3.63) is 23.9 Å². The van der Waals surface area contributed by atoms with Gasteiger partial charge in [-0.25, -0.2) is 4.79 Å². The van der Waals surface area contributed by atoms with Gasteiger partial charge in [0, 0.05) is 24.8 Å². The highest BCUT2D eigenvalue weighted by atomic mass is 16.5.